The van der Waals surface area contributed by atoms with E-state index in [-0.39, 0.29) is 0 Å². The summed E-state index contributed by atoms with van der Waals surface area (Å²) >= 11 is 9.34. The summed E-state index contributed by atoms with van der Waals surface area (Å²) in [5.74, 6) is 0.770. The predicted octanol–water partition coefficient (Wildman–Crippen LogP) is 2.44. The van der Waals surface area contributed by atoms with E-state index in [1.165, 1.54) is 11.3 Å². The lowest BCUT2D eigenvalue weighted by Crippen LogP contribution is -1.87. The highest BCUT2D eigenvalue weighted by Gasteiger charge is 2.03. The van der Waals surface area contributed by atoms with Crippen molar-refractivity contribution in [1.29, 1.82) is 0 Å². The van der Waals surface area contributed by atoms with Crippen molar-refractivity contribution in [2.24, 2.45) is 0 Å². The first-order valence-electron chi connectivity index (χ1n) is 2.23. The van der Waals surface area contributed by atoms with E-state index in [0.717, 1.165) is 13.2 Å². The summed E-state index contributed by atoms with van der Waals surface area (Å²) < 4.78 is 1.68. The van der Waals surface area contributed by atoms with Crippen LogP contribution >= 0.6 is 45.5 Å². The number of nitrogens with one attached hydrogen (secondary N) is 1. The van der Waals surface area contributed by atoms with Gasteiger partial charge in [0.1, 0.15) is 4.34 Å². The van der Waals surface area contributed by atoms with E-state index in [2.05, 4.69) is 32.9 Å². The minimum Gasteiger partial charge on any atom is -0.371 e. The van der Waals surface area contributed by atoms with E-state index in [0.29, 0.717) is 0 Å². The van der Waals surface area contributed by atoms with E-state index in [1.54, 1.807) is 7.05 Å². The molecule has 9 heavy (non-hydrogen) atoms. The summed E-state index contributed by atoms with van der Waals surface area (Å²) in [7, 11) is 1.80. The van der Waals surface area contributed by atoms with Gasteiger partial charge in [0.2, 0.25) is 0 Å². The zero-order valence-electron chi connectivity index (χ0n) is 4.61. The van der Waals surface area contributed by atoms with Crippen LogP contribution in [0.25, 0.3) is 0 Å². The number of hydrogen-bond acceptors (Lipinski definition) is 3. The molecule has 0 aliphatic rings. The monoisotopic (exact) mass is 274 g/mol. The van der Waals surface area contributed by atoms with Gasteiger partial charge < -0.3 is 5.32 Å². The first-order chi connectivity index (χ1) is 4.24. The third-order valence-corrected chi connectivity index (χ3v) is 2.74. The Balaban J connectivity index is 3.01. The van der Waals surface area contributed by atoms with Crippen LogP contribution in [0.4, 0.5) is 5.82 Å². The van der Waals surface area contributed by atoms with Crippen molar-refractivity contribution >= 4 is 51.3 Å². The van der Waals surface area contributed by atoms with Crippen molar-refractivity contribution in [2.75, 3.05) is 12.4 Å². The van der Waals surface area contributed by atoms with Crippen LogP contribution in [0.1, 0.15) is 0 Å². The Kier molecular flexibility index (Phi) is 2.54. The van der Waals surface area contributed by atoms with Gasteiger partial charge in [-0.15, -0.1) is 0 Å². The molecule has 0 saturated carbocycles. The van der Waals surface area contributed by atoms with E-state index >= 15 is 0 Å². The lowest BCUT2D eigenvalue weighted by Gasteiger charge is -1.88. The molecule has 0 fully saturated rings. The van der Waals surface area contributed by atoms with Gasteiger partial charge in [0.05, 0.1) is 0 Å². The molecule has 1 aromatic rings. The molecule has 1 N–H and O–H groups in total. The summed E-state index contributed by atoms with van der Waals surface area (Å²) in [5.41, 5.74) is 0. The molecule has 2 nitrogen and oxygen atoms in total. The van der Waals surface area contributed by atoms with E-state index < -0.39 is 0 Å². The molecule has 5 heteroatoms. The maximum atomic E-state index is 5.73. The number of hydrogen-bond donors (Lipinski definition) is 1. The molecule has 0 spiro atoms. The molecule has 0 amide bonds. The number of rotatable bonds is 1. The van der Waals surface area contributed by atoms with Crippen LogP contribution in [0.5, 0.6) is 0 Å². The molecule has 0 aliphatic carbocycles. The van der Waals surface area contributed by atoms with Crippen molar-refractivity contribution in [3.63, 3.8) is 0 Å². The molecule has 0 aliphatic heterocycles. The molecule has 0 unspecified atom stereocenters. The first kappa shape index (κ1) is 7.56. The van der Waals surface area contributed by atoms with Crippen molar-refractivity contribution < 1.29 is 0 Å². The van der Waals surface area contributed by atoms with Gasteiger partial charge >= 0.3 is 0 Å². The minimum atomic E-state index is 0.724. The molecule has 0 saturated heterocycles. The Bertz CT molecular complexity index is 212. The second-order valence-electron chi connectivity index (χ2n) is 1.34. The van der Waals surface area contributed by atoms with Gasteiger partial charge in [-0.3, -0.25) is 0 Å². The van der Waals surface area contributed by atoms with E-state index in [1.807, 2.05) is 0 Å². The Morgan fingerprint density at radius 1 is 1.78 bits per heavy atom. The molecule has 0 atom stereocenters. The average molecular weight is 275 g/mol. The lowest BCUT2D eigenvalue weighted by atomic mass is 10.8. The topological polar surface area (TPSA) is 24.9 Å². The van der Waals surface area contributed by atoms with Crippen LogP contribution in [-0.4, -0.2) is 12.0 Å². The normalized spacial score (nSPS) is 9.67. The van der Waals surface area contributed by atoms with E-state index in [4.69, 9.17) is 11.6 Å². The summed E-state index contributed by atoms with van der Waals surface area (Å²) in [5, 5.41) is 2.88. The highest BCUT2D eigenvalue weighted by atomic mass is 127. The molecule has 1 aromatic heterocycles. The molecule has 1 rings (SSSR count). The standard InChI is InChI=1S/C4H4ClIN2S/c1-7-3-2(5)9-4(6)8-3/h7H,1H3. The van der Waals surface area contributed by atoms with Crippen molar-refractivity contribution in [1.82, 2.24) is 4.98 Å². The second kappa shape index (κ2) is 3.03. The van der Waals surface area contributed by atoms with Crippen LogP contribution in [-0.2, 0) is 0 Å². The molecular formula is C4H4ClIN2S. The van der Waals surface area contributed by atoms with Gasteiger partial charge in [-0.2, -0.15) is 0 Å². The minimum absolute atomic E-state index is 0.724. The van der Waals surface area contributed by atoms with Gasteiger partial charge in [-0.1, -0.05) is 22.9 Å². The second-order valence-corrected chi connectivity index (χ2v) is 4.69. The molecule has 50 valence electrons. The third-order valence-electron chi connectivity index (χ3n) is 0.797. The fourth-order valence-electron chi connectivity index (χ4n) is 0.431. The summed E-state index contributed by atoms with van der Waals surface area (Å²) in [6.45, 7) is 0. The summed E-state index contributed by atoms with van der Waals surface area (Å²) in [4.78, 5) is 4.09. The van der Waals surface area contributed by atoms with Crippen LogP contribution in [0, 0.1) is 3.01 Å². The molecule has 0 bridgehead atoms. The number of thiazole rings is 1. The van der Waals surface area contributed by atoms with E-state index in [9.17, 15) is 0 Å². The smallest absolute Gasteiger partial charge is 0.157 e. The Morgan fingerprint density at radius 2 is 2.44 bits per heavy atom. The number of anilines is 1. The fraction of sp³-hybridized carbons (Fsp3) is 0.250. The first-order valence-corrected chi connectivity index (χ1v) is 4.51. The quantitative estimate of drug-likeness (QED) is 0.796. The Morgan fingerprint density at radius 3 is 2.67 bits per heavy atom. The van der Waals surface area contributed by atoms with Crippen LogP contribution < -0.4 is 5.32 Å². The predicted molar refractivity (Wildman–Crippen MR) is 49.4 cm³/mol. The van der Waals surface area contributed by atoms with Crippen molar-refractivity contribution in [3.8, 4) is 0 Å². The van der Waals surface area contributed by atoms with Gasteiger partial charge in [0.15, 0.2) is 8.83 Å². The van der Waals surface area contributed by atoms with Gasteiger partial charge in [0, 0.05) is 7.05 Å². The summed E-state index contributed by atoms with van der Waals surface area (Å²) in [6, 6.07) is 0. The highest BCUT2D eigenvalue weighted by molar-refractivity contribution is 14.1. The zero-order chi connectivity index (χ0) is 6.85. The average Bonchev–Trinajstić information content (AvgIpc) is 2.10. The zero-order valence-corrected chi connectivity index (χ0v) is 8.34. The maximum absolute atomic E-state index is 5.73. The molecule has 0 aromatic carbocycles. The largest absolute Gasteiger partial charge is 0.371 e. The molecule has 0 radical (unpaired) electrons. The Hall–Kier alpha value is 0.450. The summed E-state index contributed by atoms with van der Waals surface area (Å²) in [6.07, 6.45) is 0. The molecular weight excluding hydrogens is 270 g/mol. The lowest BCUT2D eigenvalue weighted by molar-refractivity contribution is 1.32. The van der Waals surface area contributed by atoms with Crippen LogP contribution in [0.3, 0.4) is 0 Å². The van der Waals surface area contributed by atoms with Gasteiger partial charge in [0.25, 0.3) is 0 Å². The molecule has 1 heterocycles. The van der Waals surface area contributed by atoms with Crippen LogP contribution in [0.2, 0.25) is 4.34 Å². The van der Waals surface area contributed by atoms with Crippen molar-refractivity contribution in [2.45, 2.75) is 0 Å². The highest BCUT2D eigenvalue weighted by Crippen LogP contribution is 2.28. The number of aromatic nitrogens is 1. The van der Waals surface area contributed by atoms with Gasteiger partial charge in [-0.05, 0) is 22.6 Å². The third kappa shape index (κ3) is 1.68. The fourth-order valence-corrected chi connectivity index (χ4v) is 2.61. The van der Waals surface area contributed by atoms with Crippen molar-refractivity contribution in [3.05, 3.63) is 7.35 Å². The number of halogens is 2. The maximum Gasteiger partial charge on any atom is 0.157 e. The Labute approximate surface area is 75.8 Å². The van der Waals surface area contributed by atoms with Crippen LogP contribution in [0.15, 0.2) is 0 Å². The van der Waals surface area contributed by atoms with Gasteiger partial charge in [-0.25, -0.2) is 4.98 Å². The SMILES string of the molecule is CNc1nc(I)sc1Cl. The number of nitrogens with zero attached hydrogens (tertiary/aromatic N) is 1.